The molecule has 8 heteroatoms. The molecule has 0 amide bonds. The number of carbonyl (C=O) groups excluding carboxylic acids is 1. The summed E-state index contributed by atoms with van der Waals surface area (Å²) in [6.07, 6.45) is 1.28. The third kappa shape index (κ3) is 2.95. The number of rotatable bonds is 6. The lowest BCUT2D eigenvalue weighted by atomic mass is 10.2. The summed E-state index contributed by atoms with van der Waals surface area (Å²) in [5, 5.41) is 11.7. The van der Waals surface area contributed by atoms with E-state index in [1.807, 2.05) is 46.2 Å². The molecule has 4 aromatic rings. The largest absolute Gasteiger partial charge is 0.293 e. The number of carbonyl (C=O) groups is 1. The lowest BCUT2D eigenvalue weighted by Gasteiger charge is -2.07. The second kappa shape index (κ2) is 7.05. The van der Waals surface area contributed by atoms with Crippen LogP contribution in [-0.2, 0) is 7.05 Å². The van der Waals surface area contributed by atoms with Crippen molar-refractivity contribution in [3.05, 3.63) is 57.0 Å². The van der Waals surface area contributed by atoms with Gasteiger partial charge in [-0.25, -0.2) is 0 Å². The quantitative estimate of drug-likeness (QED) is 0.289. The van der Waals surface area contributed by atoms with Crippen LogP contribution >= 0.6 is 23.1 Å². The molecule has 1 aromatic carbocycles. The molecule has 0 aliphatic heterocycles. The number of nitrogens with zero attached hydrogens (tertiary/aromatic N) is 4. The first-order chi connectivity index (χ1) is 12.7. The van der Waals surface area contributed by atoms with Gasteiger partial charge in [0.25, 0.3) is 5.56 Å². The fourth-order valence-corrected chi connectivity index (χ4v) is 4.43. The van der Waals surface area contributed by atoms with Crippen LogP contribution in [0.2, 0.25) is 0 Å². The molecule has 0 fully saturated rings. The van der Waals surface area contributed by atoms with Crippen molar-refractivity contribution >= 4 is 45.6 Å². The summed E-state index contributed by atoms with van der Waals surface area (Å²) in [5.74, 6) is 1.46. The van der Waals surface area contributed by atoms with E-state index in [2.05, 4.69) is 10.2 Å². The number of hydrogen-bond acceptors (Lipinski definition) is 6. The monoisotopic (exact) mass is 384 g/mol. The number of para-hydroxylation sites is 1. The summed E-state index contributed by atoms with van der Waals surface area (Å²) in [6.45, 7) is 0. The van der Waals surface area contributed by atoms with E-state index in [-0.39, 0.29) is 11.3 Å². The normalized spacial score (nSPS) is 11.4. The molecule has 0 saturated heterocycles. The van der Waals surface area contributed by atoms with Gasteiger partial charge < -0.3 is 0 Å². The van der Waals surface area contributed by atoms with Gasteiger partial charge in [0.1, 0.15) is 0 Å². The van der Waals surface area contributed by atoms with E-state index in [0.717, 1.165) is 27.7 Å². The number of aromatic nitrogens is 4. The Morgan fingerprint density at radius 1 is 1.19 bits per heavy atom. The molecule has 0 bridgehead atoms. The van der Waals surface area contributed by atoms with E-state index in [9.17, 15) is 9.59 Å². The average Bonchev–Trinajstić information content (AvgIpc) is 3.33. The Balaban J connectivity index is 1.56. The van der Waals surface area contributed by atoms with Crippen molar-refractivity contribution in [2.75, 3.05) is 5.75 Å². The number of fused-ring (bicyclic) bond motifs is 3. The molecular formula is C18H16N4O2S2. The predicted molar refractivity (Wildman–Crippen MR) is 104 cm³/mol. The van der Waals surface area contributed by atoms with Crippen LogP contribution in [-0.4, -0.2) is 30.7 Å². The van der Waals surface area contributed by atoms with E-state index in [1.165, 1.54) is 15.9 Å². The highest BCUT2D eigenvalue weighted by atomic mass is 32.2. The second-order valence-corrected chi connectivity index (χ2v) is 7.86. The molecule has 0 atom stereocenters. The van der Waals surface area contributed by atoms with Gasteiger partial charge in [-0.15, -0.1) is 21.5 Å². The zero-order valence-corrected chi connectivity index (χ0v) is 15.7. The molecular weight excluding hydrogens is 368 g/mol. The predicted octanol–water partition coefficient (Wildman–Crippen LogP) is 3.40. The van der Waals surface area contributed by atoms with Crippen LogP contribution in [0.3, 0.4) is 0 Å². The molecule has 0 aliphatic carbocycles. The summed E-state index contributed by atoms with van der Waals surface area (Å²) < 4.78 is 3.42. The molecule has 0 aliphatic rings. The van der Waals surface area contributed by atoms with Crippen molar-refractivity contribution in [1.29, 1.82) is 0 Å². The van der Waals surface area contributed by atoms with Gasteiger partial charge in [0.05, 0.1) is 15.8 Å². The highest BCUT2D eigenvalue weighted by Crippen LogP contribution is 2.22. The molecule has 0 spiro atoms. The number of benzene rings is 1. The van der Waals surface area contributed by atoms with Crippen molar-refractivity contribution in [1.82, 2.24) is 19.2 Å². The zero-order chi connectivity index (χ0) is 18.1. The fourth-order valence-electron chi connectivity index (χ4n) is 2.86. The SMILES string of the molecule is Cn1c(=O)c2ccccc2n2c(SCCCC(=O)c3cccs3)nnc12. The van der Waals surface area contributed by atoms with Crippen molar-refractivity contribution in [2.45, 2.75) is 18.0 Å². The van der Waals surface area contributed by atoms with Crippen molar-refractivity contribution in [2.24, 2.45) is 7.05 Å². The third-order valence-electron chi connectivity index (χ3n) is 4.17. The van der Waals surface area contributed by atoms with Crippen LogP contribution in [0.5, 0.6) is 0 Å². The lowest BCUT2D eigenvalue weighted by Crippen LogP contribution is -2.20. The number of Topliss-reactive ketones (excluding diaryl/α,β-unsaturated/α-hetero) is 1. The van der Waals surface area contributed by atoms with Gasteiger partial charge in [0.2, 0.25) is 5.78 Å². The topological polar surface area (TPSA) is 69.3 Å². The number of aryl methyl sites for hydroxylation is 1. The summed E-state index contributed by atoms with van der Waals surface area (Å²) >= 11 is 3.03. The van der Waals surface area contributed by atoms with Crippen LogP contribution in [0.1, 0.15) is 22.5 Å². The number of thioether (sulfide) groups is 1. The second-order valence-electron chi connectivity index (χ2n) is 5.85. The molecule has 132 valence electrons. The van der Waals surface area contributed by atoms with Crippen molar-refractivity contribution in [3.63, 3.8) is 0 Å². The molecule has 0 unspecified atom stereocenters. The summed E-state index contributed by atoms with van der Waals surface area (Å²) in [6, 6.07) is 11.2. The zero-order valence-electron chi connectivity index (χ0n) is 14.1. The van der Waals surface area contributed by atoms with Crippen LogP contribution in [0.15, 0.2) is 51.7 Å². The number of ketones is 1. The molecule has 0 N–H and O–H groups in total. The highest BCUT2D eigenvalue weighted by Gasteiger charge is 2.15. The molecule has 4 rings (SSSR count). The molecule has 3 heterocycles. The minimum Gasteiger partial charge on any atom is -0.293 e. The van der Waals surface area contributed by atoms with E-state index in [4.69, 9.17) is 0 Å². The van der Waals surface area contributed by atoms with Gasteiger partial charge >= 0.3 is 0 Å². The first-order valence-corrected chi connectivity index (χ1v) is 10.1. The lowest BCUT2D eigenvalue weighted by molar-refractivity contribution is 0.0986. The summed E-state index contributed by atoms with van der Waals surface area (Å²) in [7, 11) is 1.70. The summed E-state index contributed by atoms with van der Waals surface area (Å²) in [4.78, 5) is 25.3. The highest BCUT2D eigenvalue weighted by molar-refractivity contribution is 7.99. The molecule has 6 nitrogen and oxygen atoms in total. The third-order valence-corrected chi connectivity index (χ3v) is 6.10. The Morgan fingerprint density at radius 2 is 2.04 bits per heavy atom. The average molecular weight is 384 g/mol. The van der Waals surface area contributed by atoms with E-state index >= 15 is 0 Å². The fraction of sp³-hybridized carbons (Fsp3) is 0.222. The van der Waals surface area contributed by atoms with Crippen molar-refractivity contribution in [3.8, 4) is 0 Å². The van der Waals surface area contributed by atoms with Crippen LogP contribution in [0.4, 0.5) is 0 Å². The Morgan fingerprint density at radius 3 is 2.85 bits per heavy atom. The van der Waals surface area contributed by atoms with Gasteiger partial charge in [-0.3, -0.25) is 18.6 Å². The minimum absolute atomic E-state index is 0.0846. The van der Waals surface area contributed by atoms with Gasteiger partial charge in [0.15, 0.2) is 10.9 Å². The maximum absolute atomic E-state index is 12.4. The maximum Gasteiger partial charge on any atom is 0.262 e. The number of hydrogen-bond donors (Lipinski definition) is 0. The Hall–Kier alpha value is -2.45. The van der Waals surface area contributed by atoms with Crippen LogP contribution < -0.4 is 5.56 Å². The number of thiophene rings is 1. The van der Waals surface area contributed by atoms with E-state index in [0.29, 0.717) is 17.6 Å². The van der Waals surface area contributed by atoms with Gasteiger partial charge in [-0.05, 0) is 30.0 Å². The first kappa shape index (κ1) is 17.0. The first-order valence-electron chi connectivity index (χ1n) is 8.19. The molecule has 3 aromatic heterocycles. The minimum atomic E-state index is -0.0846. The maximum atomic E-state index is 12.4. The van der Waals surface area contributed by atoms with Gasteiger partial charge in [-0.1, -0.05) is 30.0 Å². The van der Waals surface area contributed by atoms with E-state index in [1.54, 1.807) is 18.8 Å². The summed E-state index contributed by atoms with van der Waals surface area (Å²) in [5.41, 5.74) is 0.714. The molecule has 0 saturated carbocycles. The van der Waals surface area contributed by atoms with Crippen LogP contribution in [0, 0.1) is 0 Å². The standard InChI is InChI=1S/C18H16N4O2S2/c1-21-16(24)12-6-2-3-7-13(12)22-17(21)19-20-18(22)26-11-4-8-14(23)15-9-5-10-25-15/h2-3,5-7,9-10H,4,8,11H2,1H3. The Kier molecular flexibility index (Phi) is 4.60. The van der Waals surface area contributed by atoms with E-state index < -0.39 is 0 Å². The van der Waals surface area contributed by atoms with Gasteiger partial charge in [0, 0.05) is 19.2 Å². The molecule has 26 heavy (non-hydrogen) atoms. The Labute approximate surface area is 157 Å². The smallest absolute Gasteiger partial charge is 0.262 e. The molecule has 0 radical (unpaired) electrons. The van der Waals surface area contributed by atoms with Crippen molar-refractivity contribution < 1.29 is 4.79 Å². The van der Waals surface area contributed by atoms with Gasteiger partial charge in [-0.2, -0.15) is 0 Å². The van der Waals surface area contributed by atoms with Crippen LogP contribution in [0.25, 0.3) is 16.7 Å². The Bertz CT molecular complexity index is 1150.